The Balaban J connectivity index is 1.55. The molecule has 1 saturated carbocycles. The van der Waals surface area contributed by atoms with Crippen molar-refractivity contribution in [3.05, 3.63) is 45.6 Å². The van der Waals surface area contributed by atoms with Gasteiger partial charge in [0.2, 0.25) is 5.91 Å². The number of thiophene rings is 1. The summed E-state index contributed by atoms with van der Waals surface area (Å²) in [6, 6.07) is 3.66. The molecule has 0 aromatic carbocycles. The van der Waals surface area contributed by atoms with Gasteiger partial charge < -0.3 is 10.0 Å². The molecule has 8 heteroatoms. The minimum Gasteiger partial charge on any atom is -0.392 e. The van der Waals surface area contributed by atoms with Crippen molar-refractivity contribution in [2.45, 2.75) is 52.1 Å². The van der Waals surface area contributed by atoms with Crippen LogP contribution in [0.25, 0.3) is 0 Å². The van der Waals surface area contributed by atoms with Gasteiger partial charge in [0.25, 0.3) is 5.91 Å². The summed E-state index contributed by atoms with van der Waals surface area (Å²) < 4.78 is 0. The number of carbonyl (C=O) groups is 2. The number of nitrogens with zero attached hydrogens (tertiary/aromatic N) is 2. The Morgan fingerprint density at radius 1 is 1.48 bits per heavy atom. The summed E-state index contributed by atoms with van der Waals surface area (Å²) in [6.45, 7) is 10.6. The zero-order chi connectivity index (χ0) is 23.9. The lowest BCUT2D eigenvalue weighted by Gasteiger charge is -2.53. The normalized spacial score (nSPS) is 29.5. The van der Waals surface area contributed by atoms with Crippen molar-refractivity contribution in [1.82, 2.24) is 9.88 Å². The van der Waals surface area contributed by atoms with Gasteiger partial charge in [0.15, 0.2) is 5.13 Å². The molecule has 178 valence electrons. The molecule has 33 heavy (non-hydrogen) atoms. The fourth-order valence-corrected chi connectivity index (χ4v) is 7.86. The van der Waals surface area contributed by atoms with Gasteiger partial charge in [-0.2, -0.15) is 0 Å². The Kier molecular flexibility index (Phi) is 6.80. The molecule has 0 bridgehead atoms. The number of aliphatic hydroxyl groups is 1. The SMILES string of the molecule is C=CCN(C)C(=O)[C@@H](C)[C@@H]1CC[C@]2(C)Cc3sc(NC(=O)c4cccs4)nc3[C@@H](C)[C@@H]2[C@H]1O. The number of nitrogens with one attached hydrogen (secondary N) is 1. The molecule has 2 aliphatic rings. The molecule has 4 rings (SSSR count). The van der Waals surface area contributed by atoms with Crippen molar-refractivity contribution in [1.29, 1.82) is 0 Å². The lowest BCUT2D eigenvalue weighted by molar-refractivity contribution is -0.143. The van der Waals surface area contributed by atoms with Crippen LogP contribution < -0.4 is 5.32 Å². The highest BCUT2D eigenvalue weighted by Gasteiger charge is 2.54. The number of hydrogen-bond acceptors (Lipinski definition) is 6. The number of thiazole rings is 1. The van der Waals surface area contributed by atoms with Gasteiger partial charge in [-0.15, -0.1) is 29.3 Å². The quantitative estimate of drug-likeness (QED) is 0.574. The van der Waals surface area contributed by atoms with E-state index in [2.05, 4.69) is 25.7 Å². The zero-order valence-electron chi connectivity index (χ0n) is 19.7. The van der Waals surface area contributed by atoms with Crippen LogP contribution in [0, 0.1) is 23.2 Å². The third-order valence-corrected chi connectivity index (χ3v) is 9.55. The van der Waals surface area contributed by atoms with Gasteiger partial charge in [0.05, 0.1) is 16.7 Å². The van der Waals surface area contributed by atoms with Gasteiger partial charge in [-0.3, -0.25) is 14.9 Å². The Bertz CT molecular complexity index is 1030. The molecule has 6 atom stereocenters. The molecule has 0 aliphatic heterocycles. The van der Waals surface area contributed by atoms with Crippen LogP contribution in [0.15, 0.2) is 30.2 Å². The van der Waals surface area contributed by atoms with E-state index in [0.717, 1.165) is 25.0 Å². The van der Waals surface area contributed by atoms with Crippen LogP contribution in [0.4, 0.5) is 5.13 Å². The molecule has 0 spiro atoms. The van der Waals surface area contributed by atoms with Crippen LogP contribution in [0.2, 0.25) is 0 Å². The van der Waals surface area contributed by atoms with Crippen LogP contribution in [0.5, 0.6) is 0 Å². The zero-order valence-corrected chi connectivity index (χ0v) is 21.3. The number of carbonyl (C=O) groups excluding carboxylic acids is 2. The van der Waals surface area contributed by atoms with Gasteiger partial charge in [-0.05, 0) is 48.0 Å². The fourth-order valence-electron chi connectivity index (χ4n) is 5.98. The first-order valence-corrected chi connectivity index (χ1v) is 13.2. The van der Waals surface area contributed by atoms with Crippen molar-refractivity contribution in [3.63, 3.8) is 0 Å². The summed E-state index contributed by atoms with van der Waals surface area (Å²) in [5.74, 6) is -0.342. The van der Waals surface area contributed by atoms with Gasteiger partial charge in [-0.1, -0.05) is 32.9 Å². The van der Waals surface area contributed by atoms with Crippen LogP contribution in [-0.2, 0) is 11.2 Å². The third-order valence-electron chi connectivity index (χ3n) is 7.70. The monoisotopic (exact) mass is 487 g/mol. The average molecular weight is 488 g/mol. The van der Waals surface area contributed by atoms with E-state index in [1.807, 2.05) is 18.4 Å². The summed E-state index contributed by atoms with van der Waals surface area (Å²) in [5, 5.41) is 17.0. The van der Waals surface area contributed by atoms with E-state index in [4.69, 9.17) is 4.98 Å². The number of anilines is 1. The standard InChI is InChI=1S/C25H33N3O3S2/c1-6-11-28(5)23(31)14(2)16-9-10-25(4)13-18-20(15(3)19(25)21(16)29)26-24(33-18)27-22(30)17-8-7-12-32-17/h6-8,12,14-16,19,21,29H,1,9-11,13H2,2-5H3,(H,26,27,30)/t14-,15-,16-,19+,21-,25+/m0/s1. The lowest BCUT2D eigenvalue weighted by Crippen LogP contribution is -2.53. The third kappa shape index (κ3) is 4.40. The molecule has 0 radical (unpaired) electrons. The highest BCUT2D eigenvalue weighted by molar-refractivity contribution is 7.16. The summed E-state index contributed by atoms with van der Waals surface area (Å²) in [4.78, 5) is 33.8. The summed E-state index contributed by atoms with van der Waals surface area (Å²) in [6.07, 6.45) is 3.77. The average Bonchev–Trinajstić information content (AvgIpc) is 3.43. The summed E-state index contributed by atoms with van der Waals surface area (Å²) in [7, 11) is 1.79. The number of rotatable bonds is 6. The first kappa shape index (κ1) is 24.1. The molecule has 0 saturated heterocycles. The fraction of sp³-hybridized carbons (Fsp3) is 0.560. The van der Waals surface area contributed by atoms with Crippen molar-refractivity contribution in [3.8, 4) is 0 Å². The highest BCUT2D eigenvalue weighted by Crippen LogP contribution is 2.57. The number of likely N-dealkylation sites (N-methyl/N-ethyl adjacent to an activating group) is 1. The smallest absolute Gasteiger partial charge is 0.267 e. The Morgan fingerprint density at radius 2 is 2.24 bits per heavy atom. The Morgan fingerprint density at radius 3 is 2.91 bits per heavy atom. The maximum absolute atomic E-state index is 12.9. The van der Waals surface area contributed by atoms with E-state index < -0.39 is 6.10 Å². The second-order valence-electron chi connectivity index (χ2n) is 9.89. The molecule has 2 N–H and O–H groups in total. The van der Waals surface area contributed by atoms with Crippen LogP contribution in [0.1, 0.15) is 59.8 Å². The number of fused-ring (bicyclic) bond motifs is 2. The van der Waals surface area contributed by atoms with Crippen LogP contribution in [-0.4, -0.2) is 46.5 Å². The first-order chi connectivity index (χ1) is 15.7. The molecule has 2 aliphatic carbocycles. The summed E-state index contributed by atoms with van der Waals surface area (Å²) in [5.41, 5.74) is 0.922. The van der Waals surface area contributed by atoms with Gasteiger partial charge >= 0.3 is 0 Å². The van der Waals surface area contributed by atoms with Crippen molar-refractivity contribution in [2.24, 2.45) is 23.2 Å². The molecule has 2 heterocycles. The lowest BCUT2D eigenvalue weighted by atomic mass is 9.53. The van der Waals surface area contributed by atoms with E-state index in [1.165, 1.54) is 16.2 Å². The van der Waals surface area contributed by atoms with Gasteiger partial charge in [0.1, 0.15) is 0 Å². The molecule has 2 aromatic rings. The highest BCUT2D eigenvalue weighted by atomic mass is 32.1. The van der Waals surface area contributed by atoms with E-state index in [-0.39, 0.29) is 40.9 Å². The van der Waals surface area contributed by atoms with Crippen molar-refractivity contribution in [2.75, 3.05) is 18.9 Å². The maximum atomic E-state index is 12.9. The number of amides is 2. The molecule has 2 amide bonds. The predicted molar refractivity (Wildman–Crippen MR) is 134 cm³/mol. The van der Waals surface area contributed by atoms with E-state index in [0.29, 0.717) is 16.6 Å². The minimum atomic E-state index is -0.575. The maximum Gasteiger partial charge on any atom is 0.267 e. The number of aliphatic hydroxyl groups excluding tert-OH is 1. The van der Waals surface area contributed by atoms with Crippen LogP contribution in [0.3, 0.4) is 0 Å². The van der Waals surface area contributed by atoms with E-state index in [9.17, 15) is 14.7 Å². The molecule has 6 nitrogen and oxygen atoms in total. The number of hydrogen-bond donors (Lipinski definition) is 2. The second kappa shape index (κ2) is 9.31. The molecular formula is C25H33N3O3S2. The largest absolute Gasteiger partial charge is 0.392 e. The summed E-state index contributed by atoms with van der Waals surface area (Å²) >= 11 is 2.96. The van der Waals surface area contributed by atoms with E-state index >= 15 is 0 Å². The Hall–Kier alpha value is -2.03. The molecular weight excluding hydrogens is 454 g/mol. The van der Waals surface area contributed by atoms with Gasteiger partial charge in [0, 0.05) is 30.3 Å². The topological polar surface area (TPSA) is 82.5 Å². The molecule has 2 aromatic heterocycles. The van der Waals surface area contributed by atoms with Crippen molar-refractivity contribution >= 4 is 39.6 Å². The Labute approximate surface area is 203 Å². The molecule has 1 fully saturated rings. The van der Waals surface area contributed by atoms with Gasteiger partial charge in [-0.25, -0.2) is 4.98 Å². The van der Waals surface area contributed by atoms with Crippen LogP contribution >= 0.6 is 22.7 Å². The molecule has 0 unspecified atom stereocenters. The minimum absolute atomic E-state index is 0.0201. The number of aromatic nitrogens is 1. The van der Waals surface area contributed by atoms with E-state index in [1.54, 1.807) is 35.4 Å². The second-order valence-corrected chi connectivity index (χ2v) is 11.9. The first-order valence-electron chi connectivity index (χ1n) is 11.5. The predicted octanol–water partition coefficient (Wildman–Crippen LogP) is 4.79. The van der Waals surface area contributed by atoms with Crippen molar-refractivity contribution < 1.29 is 14.7 Å².